The summed E-state index contributed by atoms with van der Waals surface area (Å²) >= 11 is 6.13. The first-order valence-corrected chi connectivity index (χ1v) is 7.26. The monoisotopic (exact) mass is 313 g/mol. The van der Waals surface area contributed by atoms with Crippen molar-refractivity contribution in [3.63, 3.8) is 0 Å². The van der Waals surface area contributed by atoms with E-state index in [0.29, 0.717) is 16.3 Å². The minimum absolute atomic E-state index is 0.0503. The van der Waals surface area contributed by atoms with Gasteiger partial charge in [0.05, 0.1) is 17.8 Å². The molecule has 2 N–H and O–H groups in total. The van der Waals surface area contributed by atoms with Gasteiger partial charge in [-0.05, 0) is 30.7 Å². The van der Waals surface area contributed by atoms with Crippen molar-refractivity contribution < 1.29 is 4.79 Å². The Kier molecular flexibility index (Phi) is 5.54. The van der Waals surface area contributed by atoms with Crippen LogP contribution in [-0.4, -0.2) is 12.5 Å². The van der Waals surface area contributed by atoms with Crippen molar-refractivity contribution in [2.24, 2.45) is 0 Å². The number of benzene rings is 2. The van der Waals surface area contributed by atoms with Crippen LogP contribution in [0.2, 0.25) is 5.02 Å². The van der Waals surface area contributed by atoms with Crippen LogP contribution in [0.4, 0.5) is 5.69 Å². The number of nitriles is 1. The summed E-state index contributed by atoms with van der Waals surface area (Å²) in [6.07, 6.45) is 0. The lowest BCUT2D eigenvalue weighted by atomic mass is 10.1. The summed E-state index contributed by atoms with van der Waals surface area (Å²) in [5, 5.41) is 15.5. The summed E-state index contributed by atoms with van der Waals surface area (Å²) in [5.41, 5.74) is 1.89. The number of nitrogens with zero attached hydrogens (tertiary/aromatic N) is 1. The third-order valence-electron chi connectivity index (χ3n) is 3.26. The number of hydrogen-bond donors (Lipinski definition) is 2. The second-order valence-electron chi connectivity index (χ2n) is 4.83. The van der Waals surface area contributed by atoms with Crippen molar-refractivity contribution in [2.75, 3.05) is 11.9 Å². The lowest BCUT2D eigenvalue weighted by molar-refractivity contribution is -0.115. The molecule has 5 heteroatoms. The number of nitrogens with one attached hydrogen (secondary N) is 2. The molecule has 2 aromatic rings. The highest BCUT2D eigenvalue weighted by atomic mass is 35.5. The van der Waals surface area contributed by atoms with Gasteiger partial charge in [0.25, 0.3) is 0 Å². The molecule has 1 atom stereocenters. The molecule has 0 bridgehead atoms. The summed E-state index contributed by atoms with van der Waals surface area (Å²) in [4.78, 5) is 12.0. The zero-order valence-corrected chi connectivity index (χ0v) is 12.9. The van der Waals surface area contributed by atoms with Crippen LogP contribution in [0.1, 0.15) is 24.1 Å². The van der Waals surface area contributed by atoms with E-state index in [9.17, 15) is 4.79 Å². The Morgan fingerprint density at radius 3 is 2.64 bits per heavy atom. The molecule has 112 valence electrons. The van der Waals surface area contributed by atoms with Gasteiger partial charge in [-0.3, -0.25) is 4.79 Å². The van der Waals surface area contributed by atoms with Crippen LogP contribution >= 0.6 is 11.6 Å². The predicted octanol–water partition coefficient (Wildman–Crippen LogP) is 3.50. The van der Waals surface area contributed by atoms with Gasteiger partial charge in [-0.25, -0.2) is 0 Å². The number of hydrogen-bond acceptors (Lipinski definition) is 3. The van der Waals surface area contributed by atoms with Crippen LogP contribution < -0.4 is 10.6 Å². The normalized spacial score (nSPS) is 11.5. The first kappa shape index (κ1) is 16.0. The molecule has 0 saturated heterocycles. The Hall–Kier alpha value is -2.35. The number of carbonyl (C=O) groups is 1. The maximum Gasteiger partial charge on any atom is 0.238 e. The van der Waals surface area contributed by atoms with E-state index in [-0.39, 0.29) is 18.5 Å². The minimum Gasteiger partial charge on any atom is -0.324 e. The maximum absolute atomic E-state index is 12.0. The molecule has 0 heterocycles. The zero-order valence-electron chi connectivity index (χ0n) is 12.1. The van der Waals surface area contributed by atoms with Crippen LogP contribution in [0.3, 0.4) is 0 Å². The number of anilines is 1. The van der Waals surface area contributed by atoms with Gasteiger partial charge in [-0.1, -0.05) is 41.9 Å². The predicted molar refractivity (Wildman–Crippen MR) is 87.7 cm³/mol. The zero-order chi connectivity index (χ0) is 15.9. The van der Waals surface area contributed by atoms with Gasteiger partial charge in [0.2, 0.25) is 5.91 Å². The molecule has 0 aliphatic carbocycles. The van der Waals surface area contributed by atoms with Crippen molar-refractivity contribution in [2.45, 2.75) is 13.0 Å². The highest BCUT2D eigenvalue weighted by Crippen LogP contribution is 2.21. The van der Waals surface area contributed by atoms with Gasteiger partial charge in [-0.15, -0.1) is 0 Å². The highest BCUT2D eigenvalue weighted by molar-refractivity contribution is 6.31. The Balaban J connectivity index is 1.93. The van der Waals surface area contributed by atoms with Gasteiger partial charge in [0.15, 0.2) is 0 Å². The van der Waals surface area contributed by atoms with E-state index in [4.69, 9.17) is 16.9 Å². The standard InChI is InChI=1S/C17H16ClN3O/c1-12(14-7-3-4-8-15(14)18)20-11-17(22)21-16-9-5-2-6-13(16)10-19/h2-9,12,20H,11H2,1H3,(H,21,22)/t12-/m1/s1. The Bertz CT molecular complexity index is 709. The molecule has 0 radical (unpaired) electrons. The highest BCUT2D eigenvalue weighted by Gasteiger charge is 2.11. The number of carbonyl (C=O) groups excluding carboxylic acids is 1. The lowest BCUT2D eigenvalue weighted by Crippen LogP contribution is -2.30. The molecule has 4 nitrogen and oxygen atoms in total. The van der Waals surface area contributed by atoms with Crippen LogP contribution in [0, 0.1) is 11.3 Å². The minimum atomic E-state index is -0.207. The van der Waals surface area contributed by atoms with Gasteiger partial charge in [0.1, 0.15) is 6.07 Å². The fourth-order valence-electron chi connectivity index (χ4n) is 2.07. The van der Waals surface area contributed by atoms with Crippen molar-refractivity contribution in [3.8, 4) is 6.07 Å². The molecule has 1 amide bonds. The van der Waals surface area contributed by atoms with E-state index in [0.717, 1.165) is 5.56 Å². The molecule has 0 fully saturated rings. The molecule has 2 aromatic carbocycles. The van der Waals surface area contributed by atoms with Crippen molar-refractivity contribution >= 4 is 23.2 Å². The first-order valence-electron chi connectivity index (χ1n) is 6.88. The Morgan fingerprint density at radius 2 is 1.91 bits per heavy atom. The molecule has 0 unspecified atom stereocenters. The fraction of sp³-hybridized carbons (Fsp3) is 0.176. The molecular formula is C17H16ClN3O. The van der Waals surface area contributed by atoms with Crippen molar-refractivity contribution in [1.82, 2.24) is 5.32 Å². The third-order valence-corrected chi connectivity index (χ3v) is 3.61. The quantitative estimate of drug-likeness (QED) is 0.888. The molecule has 0 spiro atoms. The van der Waals surface area contributed by atoms with E-state index in [1.807, 2.05) is 37.3 Å². The van der Waals surface area contributed by atoms with E-state index < -0.39 is 0 Å². The number of amides is 1. The first-order chi connectivity index (χ1) is 10.6. The molecule has 0 aliphatic heterocycles. The summed E-state index contributed by atoms with van der Waals surface area (Å²) in [5.74, 6) is -0.207. The largest absolute Gasteiger partial charge is 0.324 e. The average molecular weight is 314 g/mol. The van der Waals surface area contributed by atoms with Crippen molar-refractivity contribution in [1.29, 1.82) is 5.26 Å². The molecule has 0 aliphatic rings. The van der Waals surface area contributed by atoms with E-state index >= 15 is 0 Å². The van der Waals surface area contributed by atoms with Crippen molar-refractivity contribution in [3.05, 3.63) is 64.7 Å². The number of rotatable bonds is 5. The molecule has 0 aromatic heterocycles. The van der Waals surface area contributed by atoms with Gasteiger partial charge in [0, 0.05) is 11.1 Å². The van der Waals surface area contributed by atoms with Gasteiger partial charge in [-0.2, -0.15) is 5.26 Å². The van der Waals surface area contributed by atoms with E-state index in [2.05, 4.69) is 10.6 Å². The SMILES string of the molecule is C[C@@H](NCC(=O)Nc1ccccc1C#N)c1ccccc1Cl. The number of halogens is 1. The summed E-state index contributed by atoms with van der Waals surface area (Å²) in [6, 6.07) is 16.4. The maximum atomic E-state index is 12.0. The second-order valence-corrected chi connectivity index (χ2v) is 5.24. The molecule has 2 rings (SSSR count). The summed E-state index contributed by atoms with van der Waals surface area (Å²) in [6.45, 7) is 2.07. The summed E-state index contributed by atoms with van der Waals surface area (Å²) < 4.78 is 0. The number of para-hydroxylation sites is 1. The molecule has 22 heavy (non-hydrogen) atoms. The topological polar surface area (TPSA) is 64.9 Å². The second kappa shape index (κ2) is 7.60. The average Bonchev–Trinajstić information content (AvgIpc) is 2.53. The Morgan fingerprint density at radius 1 is 1.23 bits per heavy atom. The van der Waals surface area contributed by atoms with E-state index in [1.54, 1.807) is 24.3 Å². The smallest absolute Gasteiger partial charge is 0.238 e. The van der Waals surface area contributed by atoms with Crippen LogP contribution in [0.5, 0.6) is 0 Å². The summed E-state index contributed by atoms with van der Waals surface area (Å²) in [7, 11) is 0. The van der Waals surface area contributed by atoms with Crippen LogP contribution in [0.25, 0.3) is 0 Å². The fourth-order valence-corrected chi connectivity index (χ4v) is 2.37. The Labute approximate surface area is 134 Å². The van der Waals surface area contributed by atoms with Crippen LogP contribution in [0.15, 0.2) is 48.5 Å². The van der Waals surface area contributed by atoms with Crippen LogP contribution in [-0.2, 0) is 4.79 Å². The van der Waals surface area contributed by atoms with E-state index in [1.165, 1.54) is 0 Å². The third kappa shape index (κ3) is 4.08. The van der Waals surface area contributed by atoms with Gasteiger partial charge < -0.3 is 10.6 Å². The molecular weight excluding hydrogens is 298 g/mol. The van der Waals surface area contributed by atoms with Gasteiger partial charge >= 0.3 is 0 Å². The molecule has 0 saturated carbocycles. The lowest BCUT2D eigenvalue weighted by Gasteiger charge is -2.15.